The van der Waals surface area contributed by atoms with Gasteiger partial charge in [-0.05, 0) is 37.6 Å². The highest BCUT2D eigenvalue weighted by Crippen LogP contribution is 2.34. The van der Waals surface area contributed by atoms with E-state index in [2.05, 4.69) is 10.4 Å². The minimum atomic E-state index is -0.443. The molecule has 1 heterocycles. The van der Waals surface area contributed by atoms with Crippen molar-refractivity contribution in [2.24, 2.45) is 5.10 Å². The van der Waals surface area contributed by atoms with E-state index in [0.29, 0.717) is 22.7 Å². The molecular weight excluding hydrogens is 447 g/mol. The number of hydrogen-bond acceptors (Lipinski definition) is 4. The molecule has 0 radical (unpaired) electrons. The Kier molecular flexibility index (Phi) is 8.41. The summed E-state index contributed by atoms with van der Waals surface area (Å²) in [6.07, 6.45) is 0.338. The van der Waals surface area contributed by atoms with Gasteiger partial charge in [-0.1, -0.05) is 41.9 Å². The maximum atomic E-state index is 14.5. The summed E-state index contributed by atoms with van der Waals surface area (Å²) < 4.78 is 19.5. The highest BCUT2D eigenvalue weighted by atomic mass is 35.5. The zero-order chi connectivity index (χ0) is 24.0. The molecule has 3 amide bonds. The van der Waals surface area contributed by atoms with E-state index >= 15 is 0 Å². The second-order valence-corrected chi connectivity index (χ2v) is 8.49. The molecule has 1 N–H and O–H groups in total. The van der Waals surface area contributed by atoms with Gasteiger partial charge in [-0.3, -0.25) is 4.79 Å². The summed E-state index contributed by atoms with van der Waals surface area (Å²) in [6, 6.07) is 12.6. The first-order valence-corrected chi connectivity index (χ1v) is 11.1. The fraction of sp³-hybridized carbons (Fsp3) is 0.375. The number of carbonyl (C=O) groups is 2. The minimum absolute atomic E-state index is 0.0862. The molecule has 3 rings (SSSR count). The van der Waals surface area contributed by atoms with Crippen LogP contribution in [0.2, 0.25) is 5.02 Å². The van der Waals surface area contributed by atoms with Crippen molar-refractivity contribution in [3.8, 4) is 0 Å². The molecule has 2 aromatic carbocycles. The van der Waals surface area contributed by atoms with Gasteiger partial charge in [0.15, 0.2) is 0 Å². The van der Waals surface area contributed by atoms with E-state index in [9.17, 15) is 14.0 Å². The number of methoxy groups -OCH3 is 1. The first kappa shape index (κ1) is 24.7. The van der Waals surface area contributed by atoms with Crippen molar-refractivity contribution in [3.05, 3.63) is 70.5 Å². The number of nitrogens with one attached hydrogen (secondary N) is 1. The van der Waals surface area contributed by atoms with Crippen LogP contribution in [0, 0.1) is 5.82 Å². The molecule has 1 atom stereocenters. The molecule has 176 valence electrons. The third-order valence-electron chi connectivity index (χ3n) is 5.20. The summed E-state index contributed by atoms with van der Waals surface area (Å²) in [7, 11) is 1.53. The summed E-state index contributed by atoms with van der Waals surface area (Å²) in [4.78, 5) is 27.4. The largest absolute Gasteiger partial charge is 0.383 e. The highest BCUT2D eigenvalue weighted by molar-refractivity contribution is 6.30. The molecule has 7 nitrogen and oxygen atoms in total. The molecule has 2 aromatic rings. The molecule has 0 bridgehead atoms. The van der Waals surface area contributed by atoms with Crippen molar-refractivity contribution in [2.75, 3.05) is 26.8 Å². The molecule has 0 saturated carbocycles. The number of carbonyl (C=O) groups excluding carboxylic acids is 2. The van der Waals surface area contributed by atoms with Crippen LogP contribution in [-0.2, 0) is 9.53 Å². The average Bonchev–Trinajstić information content (AvgIpc) is 3.22. The Morgan fingerprint density at radius 3 is 2.58 bits per heavy atom. The third-order valence-corrected chi connectivity index (χ3v) is 5.45. The van der Waals surface area contributed by atoms with E-state index in [1.807, 2.05) is 26.0 Å². The Labute approximate surface area is 198 Å². The van der Waals surface area contributed by atoms with E-state index in [4.69, 9.17) is 16.3 Å². The molecule has 1 aliphatic rings. The quantitative estimate of drug-likeness (QED) is 0.622. The Hall–Kier alpha value is -2.97. The third kappa shape index (κ3) is 6.30. The van der Waals surface area contributed by atoms with Gasteiger partial charge in [-0.15, -0.1) is 0 Å². The number of benzene rings is 2. The van der Waals surface area contributed by atoms with Crippen molar-refractivity contribution in [3.63, 3.8) is 0 Å². The van der Waals surface area contributed by atoms with E-state index < -0.39 is 11.9 Å². The standard InChI is InChI=1S/C24H28ClFN4O3/c1-16(2)27-24(32)29(12-13-33-3)15-23(31)30-22(17-8-10-18(25)11-9-17)14-21(28-30)19-6-4-5-7-20(19)26/h4-11,16,22H,12-15H2,1-3H3,(H,27,32)/t22-/m1/s1. The zero-order valence-corrected chi connectivity index (χ0v) is 19.7. The molecule has 1 aliphatic heterocycles. The molecule has 9 heteroatoms. The van der Waals surface area contributed by atoms with Crippen LogP contribution in [0.15, 0.2) is 53.6 Å². The van der Waals surface area contributed by atoms with Crippen LogP contribution in [0.5, 0.6) is 0 Å². The van der Waals surface area contributed by atoms with Crippen molar-refractivity contribution < 1.29 is 18.7 Å². The lowest BCUT2D eigenvalue weighted by molar-refractivity contribution is -0.133. The van der Waals surface area contributed by atoms with Crippen LogP contribution < -0.4 is 5.32 Å². The Bertz CT molecular complexity index is 1010. The molecule has 0 aliphatic carbocycles. The SMILES string of the molecule is COCCN(CC(=O)N1N=C(c2ccccc2F)C[C@@H]1c1ccc(Cl)cc1)C(=O)NC(C)C. The maximum absolute atomic E-state index is 14.5. The number of hydrazone groups is 1. The van der Waals surface area contributed by atoms with Gasteiger partial charge in [0, 0.05) is 36.7 Å². The van der Waals surface area contributed by atoms with Gasteiger partial charge in [0.05, 0.1) is 18.4 Å². The lowest BCUT2D eigenvalue weighted by Gasteiger charge is -2.27. The Morgan fingerprint density at radius 2 is 1.94 bits per heavy atom. The topological polar surface area (TPSA) is 74.2 Å². The minimum Gasteiger partial charge on any atom is -0.383 e. The number of amides is 3. The Morgan fingerprint density at radius 1 is 1.24 bits per heavy atom. The van der Waals surface area contributed by atoms with Crippen LogP contribution in [0.4, 0.5) is 9.18 Å². The summed E-state index contributed by atoms with van der Waals surface area (Å²) in [6.45, 7) is 4.01. The van der Waals surface area contributed by atoms with Gasteiger partial charge >= 0.3 is 6.03 Å². The monoisotopic (exact) mass is 474 g/mol. The fourth-order valence-electron chi connectivity index (χ4n) is 3.57. The van der Waals surface area contributed by atoms with Crippen LogP contribution in [0.3, 0.4) is 0 Å². The summed E-state index contributed by atoms with van der Waals surface area (Å²) >= 11 is 6.03. The van der Waals surface area contributed by atoms with E-state index in [-0.39, 0.29) is 37.7 Å². The average molecular weight is 475 g/mol. The van der Waals surface area contributed by atoms with E-state index in [0.717, 1.165) is 5.56 Å². The normalized spacial score (nSPS) is 15.5. The van der Waals surface area contributed by atoms with Crippen molar-refractivity contribution in [1.29, 1.82) is 0 Å². The van der Waals surface area contributed by atoms with Gasteiger partial charge < -0.3 is 15.0 Å². The van der Waals surface area contributed by atoms with Crippen molar-refractivity contribution in [2.45, 2.75) is 32.4 Å². The van der Waals surface area contributed by atoms with Crippen LogP contribution in [0.25, 0.3) is 0 Å². The number of halogens is 2. The number of rotatable bonds is 8. The maximum Gasteiger partial charge on any atom is 0.318 e. The Balaban J connectivity index is 1.89. The number of ether oxygens (including phenoxy) is 1. The predicted octanol–water partition coefficient (Wildman–Crippen LogP) is 4.22. The van der Waals surface area contributed by atoms with Gasteiger partial charge in [-0.2, -0.15) is 5.10 Å². The highest BCUT2D eigenvalue weighted by Gasteiger charge is 2.35. The smallest absolute Gasteiger partial charge is 0.318 e. The van der Waals surface area contributed by atoms with Crippen LogP contribution in [-0.4, -0.2) is 60.4 Å². The molecule has 0 saturated heterocycles. The van der Waals surface area contributed by atoms with Gasteiger partial charge in [0.25, 0.3) is 5.91 Å². The van der Waals surface area contributed by atoms with Gasteiger partial charge in [0.2, 0.25) is 0 Å². The second kappa shape index (κ2) is 11.2. The molecule has 0 unspecified atom stereocenters. The van der Waals surface area contributed by atoms with Crippen molar-refractivity contribution >= 4 is 29.3 Å². The lowest BCUT2D eigenvalue weighted by Crippen LogP contribution is -2.48. The predicted molar refractivity (Wildman–Crippen MR) is 126 cm³/mol. The number of urea groups is 1. The first-order chi connectivity index (χ1) is 15.8. The molecular formula is C24H28ClFN4O3. The van der Waals surface area contributed by atoms with E-state index in [1.54, 1.807) is 30.3 Å². The second-order valence-electron chi connectivity index (χ2n) is 8.05. The zero-order valence-electron chi connectivity index (χ0n) is 18.9. The lowest BCUT2D eigenvalue weighted by atomic mass is 9.98. The van der Waals surface area contributed by atoms with Gasteiger partial charge in [0.1, 0.15) is 12.4 Å². The molecule has 0 aromatic heterocycles. The van der Waals surface area contributed by atoms with E-state index in [1.165, 1.54) is 23.1 Å². The summed E-state index contributed by atoms with van der Waals surface area (Å²) in [5.74, 6) is -0.783. The fourth-order valence-corrected chi connectivity index (χ4v) is 3.70. The first-order valence-electron chi connectivity index (χ1n) is 10.7. The number of nitrogens with zero attached hydrogens (tertiary/aromatic N) is 3. The van der Waals surface area contributed by atoms with Crippen molar-refractivity contribution in [1.82, 2.24) is 15.2 Å². The van der Waals surface area contributed by atoms with Gasteiger partial charge in [-0.25, -0.2) is 14.2 Å². The summed E-state index contributed by atoms with van der Waals surface area (Å²) in [5, 5.41) is 9.20. The molecule has 0 fully saturated rings. The van der Waals surface area contributed by atoms with Crippen LogP contribution >= 0.6 is 11.6 Å². The molecule has 0 spiro atoms. The van der Waals surface area contributed by atoms with Crippen LogP contribution in [0.1, 0.15) is 37.4 Å². The number of hydrogen-bond donors (Lipinski definition) is 1. The summed E-state index contributed by atoms with van der Waals surface area (Å²) in [5.41, 5.74) is 1.63. The molecule has 33 heavy (non-hydrogen) atoms.